The number of thiophene rings is 1. The summed E-state index contributed by atoms with van der Waals surface area (Å²) in [6.45, 7) is 10.3. The summed E-state index contributed by atoms with van der Waals surface area (Å²) in [4.78, 5) is 26.1. The number of carbonyl (C=O) groups is 1. The Balaban J connectivity index is 1.72. The van der Waals surface area contributed by atoms with Gasteiger partial charge in [0.15, 0.2) is 0 Å². The number of nitrogens with one attached hydrogen (secondary N) is 1. The van der Waals surface area contributed by atoms with Crippen LogP contribution in [0.5, 0.6) is 0 Å². The Labute approximate surface area is 152 Å². The molecule has 6 nitrogen and oxygen atoms in total. The maximum atomic E-state index is 12.5. The largest absolute Gasteiger partial charge is 0.356 e. The molecule has 136 valence electrons. The molecule has 0 unspecified atom stereocenters. The van der Waals surface area contributed by atoms with E-state index in [9.17, 15) is 4.79 Å². The zero-order chi connectivity index (χ0) is 18.2. The molecular weight excluding hydrogens is 334 g/mol. The molecule has 0 aliphatic carbocycles. The fraction of sp³-hybridized carbons (Fsp3) is 0.611. The van der Waals surface area contributed by atoms with E-state index in [-0.39, 0.29) is 17.4 Å². The molecule has 1 aliphatic heterocycles. The lowest BCUT2D eigenvalue weighted by Gasteiger charge is -2.34. The van der Waals surface area contributed by atoms with E-state index in [1.54, 1.807) is 17.7 Å². The third-order valence-electron chi connectivity index (χ3n) is 5.08. The molecule has 25 heavy (non-hydrogen) atoms. The minimum absolute atomic E-state index is 0.0460. The second-order valence-electron chi connectivity index (χ2n) is 7.50. The van der Waals surface area contributed by atoms with E-state index in [1.807, 2.05) is 13.8 Å². The molecule has 0 saturated carbocycles. The van der Waals surface area contributed by atoms with Gasteiger partial charge in [-0.1, -0.05) is 0 Å². The van der Waals surface area contributed by atoms with Crippen LogP contribution in [0.25, 0.3) is 10.2 Å². The maximum absolute atomic E-state index is 12.5. The molecule has 0 atom stereocenters. The Hall–Kier alpha value is -1.73. The van der Waals surface area contributed by atoms with Crippen LogP contribution in [0.4, 0.5) is 5.82 Å². The van der Waals surface area contributed by atoms with Gasteiger partial charge in [-0.15, -0.1) is 11.3 Å². The summed E-state index contributed by atoms with van der Waals surface area (Å²) in [6, 6.07) is 0. The number of rotatable bonds is 4. The van der Waals surface area contributed by atoms with Crippen LogP contribution in [-0.4, -0.2) is 41.0 Å². The first-order valence-electron chi connectivity index (χ1n) is 8.80. The van der Waals surface area contributed by atoms with E-state index in [1.165, 1.54) is 10.4 Å². The summed E-state index contributed by atoms with van der Waals surface area (Å²) in [6.07, 6.45) is 3.32. The van der Waals surface area contributed by atoms with Crippen molar-refractivity contribution < 1.29 is 4.79 Å². The van der Waals surface area contributed by atoms with Gasteiger partial charge in [0.1, 0.15) is 17.0 Å². The first-order chi connectivity index (χ1) is 11.8. The molecule has 0 aromatic carbocycles. The van der Waals surface area contributed by atoms with Crippen LogP contribution in [0, 0.1) is 19.8 Å². The van der Waals surface area contributed by atoms with Crippen molar-refractivity contribution >= 4 is 33.3 Å². The van der Waals surface area contributed by atoms with Gasteiger partial charge in [-0.2, -0.15) is 0 Å². The topological polar surface area (TPSA) is 84.1 Å². The van der Waals surface area contributed by atoms with Crippen molar-refractivity contribution in [3.63, 3.8) is 0 Å². The van der Waals surface area contributed by atoms with Crippen LogP contribution in [0.3, 0.4) is 0 Å². The van der Waals surface area contributed by atoms with E-state index in [4.69, 9.17) is 5.73 Å². The highest BCUT2D eigenvalue weighted by Crippen LogP contribution is 2.35. The SMILES string of the molecule is Cc1sc2ncnc(N3CCC(C(=O)NC(C)(C)CN)CC3)c2c1C. The van der Waals surface area contributed by atoms with Crippen molar-refractivity contribution in [2.24, 2.45) is 11.7 Å². The molecule has 3 rings (SSSR count). The van der Waals surface area contributed by atoms with Gasteiger partial charge in [-0.25, -0.2) is 9.97 Å². The molecule has 1 aliphatic rings. The number of hydrogen-bond acceptors (Lipinski definition) is 6. The zero-order valence-electron chi connectivity index (χ0n) is 15.4. The minimum Gasteiger partial charge on any atom is -0.356 e. The van der Waals surface area contributed by atoms with Crippen molar-refractivity contribution in [2.45, 2.75) is 46.1 Å². The summed E-state index contributed by atoms with van der Waals surface area (Å²) in [7, 11) is 0. The summed E-state index contributed by atoms with van der Waals surface area (Å²) in [5.74, 6) is 1.17. The number of anilines is 1. The van der Waals surface area contributed by atoms with E-state index >= 15 is 0 Å². The van der Waals surface area contributed by atoms with E-state index in [0.717, 1.165) is 42.0 Å². The molecule has 1 saturated heterocycles. The van der Waals surface area contributed by atoms with Crippen molar-refractivity contribution in [3.8, 4) is 0 Å². The molecule has 0 spiro atoms. The smallest absolute Gasteiger partial charge is 0.223 e. The van der Waals surface area contributed by atoms with Gasteiger partial charge in [0.2, 0.25) is 5.91 Å². The molecule has 0 bridgehead atoms. The summed E-state index contributed by atoms with van der Waals surface area (Å²) in [5.41, 5.74) is 6.63. The van der Waals surface area contributed by atoms with Gasteiger partial charge in [0.25, 0.3) is 0 Å². The molecule has 3 N–H and O–H groups in total. The summed E-state index contributed by atoms with van der Waals surface area (Å²) >= 11 is 1.72. The monoisotopic (exact) mass is 361 g/mol. The van der Waals surface area contributed by atoms with Crippen LogP contribution < -0.4 is 16.0 Å². The molecule has 2 aromatic rings. The Morgan fingerprint density at radius 3 is 2.68 bits per heavy atom. The van der Waals surface area contributed by atoms with Gasteiger partial charge in [0, 0.05) is 36.0 Å². The highest BCUT2D eigenvalue weighted by Gasteiger charge is 2.29. The molecule has 0 radical (unpaired) electrons. The van der Waals surface area contributed by atoms with Gasteiger partial charge in [-0.3, -0.25) is 4.79 Å². The molecular formula is C18H27N5OS. The van der Waals surface area contributed by atoms with Crippen molar-refractivity contribution in [1.82, 2.24) is 15.3 Å². The van der Waals surface area contributed by atoms with Crippen LogP contribution in [-0.2, 0) is 4.79 Å². The number of nitrogens with zero attached hydrogens (tertiary/aromatic N) is 3. The van der Waals surface area contributed by atoms with Crippen LogP contribution in [0.15, 0.2) is 6.33 Å². The Morgan fingerprint density at radius 2 is 2.04 bits per heavy atom. The normalized spacial score (nSPS) is 16.4. The second kappa shape index (κ2) is 6.88. The number of piperidine rings is 1. The number of nitrogens with two attached hydrogens (primary N) is 1. The second-order valence-corrected chi connectivity index (χ2v) is 8.70. The van der Waals surface area contributed by atoms with Crippen molar-refractivity contribution in [2.75, 3.05) is 24.5 Å². The number of carbonyl (C=O) groups excluding carboxylic acids is 1. The number of aromatic nitrogens is 2. The van der Waals surface area contributed by atoms with Crippen molar-refractivity contribution in [3.05, 3.63) is 16.8 Å². The third-order valence-corrected chi connectivity index (χ3v) is 6.20. The number of aryl methyl sites for hydroxylation is 2. The average molecular weight is 362 g/mol. The lowest BCUT2D eigenvalue weighted by atomic mass is 9.94. The fourth-order valence-electron chi connectivity index (χ4n) is 3.24. The van der Waals surface area contributed by atoms with E-state index < -0.39 is 0 Å². The molecule has 2 aromatic heterocycles. The predicted molar refractivity (Wildman–Crippen MR) is 103 cm³/mol. The third kappa shape index (κ3) is 3.62. The quantitative estimate of drug-likeness (QED) is 0.873. The minimum atomic E-state index is -0.349. The summed E-state index contributed by atoms with van der Waals surface area (Å²) < 4.78 is 0. The maximum Gasteiger partial charge on any atom is 0.223 e. The van der Waals surface area contributed by atoms with Crippen LogP contribution >= 0.6 is 11.3 Å². The lowest BCUT2D eigenvalue weighted by molar-refractivity contribution is -0.127. The first-order valence-corrected chi connectivity index (χ1v) is 9.62. The zero-order valence-corrected chi connectivity index (χ0v) is 16.2. The Bertz CT molecular complexity index is 777. The Morgan fingerprint density at radius 1 is 1.36 bits per heavy atom. The van der Waals surface area contributed by atoms with Gasteiger partial charge in [-0.05, 0) is 46.1 Å². The number of hydrogen-bond donors (Lipinski definition) is 2. The highest BCUT2D eigenvalue weighted by atomic mass is 32.1. The van der Waals surface area contributed by atoms with Gasteiger partial charge in [0.05, 0.1) is 5.39 Å². The lowest BCUT2D eigenvalue weighted by Crippen LogP contribution is -2.52. The molecule has 7 heteroatoms. The first kappa shape index (κ1) is 18.1. The van der Waals surface area contributed by atoms with E-state index in [2.05, 4.69) is 34.0 Å². The molecule has 1 amide bonds. The molecule has 3 heterocycles. The van der Waals surface area contributed by atoms with Gasteiger partial charge < -0.3 is 16.0 Å². The van der Waals surface area contributed by atoms with Crippen LogP contribution in [0.1, 0.15) is 37.1 Å². The number of fused-ring (bicyclic) bond motifs is 1. The summed E-state index contributed by atoms with van der Waals surface area (Å²) in [5, 5.41) is 4.23. The van der Waals surface area contributed by atoms with Crippen LogP contribution in [0.2, 0.25) is 0 Å². The van der Waals surface area contributed by atoms with E-state index in [0.29, 0.717) is 6.54 Å². The van der Waals surface area contributed by atoms with Gasteiger partial charge >= 0.3 is 0 Å². The van der Waals surface area contributed by atoms with Crippen molar-refractivity contribution in [1.29, 1.82) is 0 Å². The Kier molecular flexibility index (Phi) is 4.97. The highest BCUT2D eigenvalue weighted by molar-refractivity contribution is 7.18. The average Bonchev–Trinajstić information content (AvgIpc) is 2.89. The molecule has 1 fully saturated rings. The standard InChI is InChI=1S/C18H27N5OS/c1-11-12(2)25-17-14(11)15(20-10-21-17)23-7-5-13(6-8-23)16(24)22-18(3,4)9-19/h10,13H,5-9,19H2,1-4H3,(H,22,24). The number of amides is 1. The predicted octanol–water partition coefficient (Wildman–Crippen LogP) is 2.38. The fourth-order valence-corrected chi connectivity index (χ4v) is 4.24.